The van der Waals surface area contributed by atoms with Crippen molar-refractivity contribution in [2.24, 2.45) is 0 Å². The van der Waals surface area contributed by atoms with Gasteiger partial charge in [0.15, 0.2) is 0 Å². The van der Waals surface area contributed by atoms with Crippen molar-refractivity contribution >= 4 is 23.3 Å². The van der Waals surface area contributed by atoms with Gasteiger partial charge >= 0.3 is 0 Å². The molecule has 1 aliphatic rings. The zero-order chi connectivity index (χ0) is 18.1. The van der Waals surface area contributed by atoms with Crippen molar-refractivity contribution in [1.82, 2.24) is 9.78 Å². The molecule has 0 aliphatic carbocycles. The van der Waals surface area contributed by atoms with E-state index in [-0.39, 0.29) is 11.8 Å². The number of nitrogens with one attached hydrogen (secondary N) is 1. The van der Waals surface area contributed by atoms with Crippen LogP contribution in [0, 0.1) is 0 Å². The van der Waals surface area contributed by atoms with Crippen LogP contribution in [0.25, 0.3) is 5.69 Å². The average Bonchev–Trinajstić information content (AvgIpc) is 3.06. The quantitative estimate of drug-likeness (QED) is 0.743. The summed E-state index contributed by atoms with van der Waals surface area (Å²) >= 11 is 5.98. The largest absolute Gasteiger partial charge is 0.494 e. The van der Waals surface area contributed by atoms with E-state index in [0.717, 1.165) is 22.6 Å². The second kappa shape index (κ2) is 6.84. The number of aromatic nitrogens is 2. The number of carbonyl (C=O) groups is 1. The number of amides is 1. The first kappa shape index (κ1) is 16.7. The van der Waals surface area contributed by atoms with E-state index in [1.54, 1.807) is 16.8 Å². The van der Waals surface area contributed by atoms with E-state index in [4.69, 9.17) is 16.3 Å². The summed E-state index contributed by atoms with van der Waals surface area (Å²) in [5, 5.41) is 8.12. The number of nitrogens with zero attached hydrogens (tertiary/aromatic N) is 2. The molecule has 0 radical (unpaired) electrons. The van der Waals surface area contributed by atoms with E-state index in [2.05, 4.69) is 10.4 Å². The molecule has 4 rings (SSSR count). The molecular formula is C20H18ClN3O2. The lowest BCUT2D eigenvalue weighted by molar-refractivity contribution is -0.116. The topological polar surface area (TPSA) is 56.1 Å². The highest BCUT2D eigenvalue weighted by molar-refractivity contribution is 6.30. The number of benzene rings is 2. The Morgan fingerprint density at radius 2 is 1.96 bits per heavy atom. The lowest BCUT2D eigenvalue weighted by Gasteiger charge is -2.25. The maximum atomic E-state index is 12.4. The first-order valence-electron chi connectivity index (χ1n) is 8.52. The molecule has 1 amide bonds. The van der Waals surface area contributed by atoms with Crippen molar-refractivity contribution in [1.29, 1.82) is 0 Å². The smallest absolute Gasteiger partial charge is 0.226 e. The lowest BCUT2D eigenvalue weighted by atomic mass is 9.87. The van der Waals surface area contributed by atoms with Crippen LogP contribution in [0.5, 0.6) is 5.75 Å². The molecule has 0 bridgehead atoms. The molecule has 0 saturated carbocycles. The summed E-state index contributed by atoms with van der Waals surface area (Å²) in [6.45, 7) is 2.53. The van der Waals surface area contributed by atoms with E-state index in [1.807, 2.05) is 49.5 Å². The first-order valence-corrected chi connectivity index (χ1v) is 8.90. The van der Waals surface area contributed by atoms with Crippen molar-refractivity contribution in [2.75, 3.05) is 11.9 Å². The maximum Gasteiger partial charge on any atom is 0.226 e. The summed E-state index contributed by atoms with van der Waals surface area (Å²) in [7, 11) is 0. The van der Waals surface area contributed by atoms with Crippen LogP contribution < -0.4 is 10.1 Å². The fourth-order valence-electron chi connectivity index (χ4n) is 3.33. The number of rotatable bonds is 4. The zero-order valence-corrected chi connectivity index (χ0v) is 15.0. The number of halogens is 1. The van der Waals surface area contributed by atoms with Crippen LogP contribution in [0.1, 0.15) is 30.4 Å². The Morgan fingerprint density at radius 1 is 1.19 bits per heavy atom. The monoisotopic (exact) mass is 367 g/mol. The van der Waals surface area contributed by atoms with Crippen molar-refractivity contribution in [2.45, 2.75) is 19.3 Å². The van der Waals surface area contributed by atoms with Gasteiger partial charge in [-0.1, -0.05) is 29.8 Å². The third-order valence-corrected chi connectivity index (χ3v) is 4.74. The molecule has 132 valence electrons. The van der Waals surface area contributed by atoms with E-state index < -0.39 is 0 Å². The number of hydrogen-bond donors (Lipinski definition) is 1. The van der Waals surface area contributed by atoms with Gasteiger partial charge in [-0.2, -0.15) is 5.10 Å². The number of fused-ring (bicyclic) bond motifs is 1. The van der Waals surface area contributed by atoms with Crippen LogP contribution in [0.3, 0.4) is 0 Å². The van der Waals surface area contributed by atoms with Gasteiger partial charge in [-0.3, -0.25) is 4.79 Å². The van der Waals surface area contributed by atoms with E-state index in [1.165, 1.54) is 0 Å². The number of carbonyl (C=O) groups excluding carboxylic acids is 1. The predicted octanol–water partition coefficient (Wildman–Crippen LogP) is 4.40. The molecule has 3 aromatic rings. The van der Waals surface area contributed by atoms with E-state index >= 15 is 0 Å². The molecule has 0 saturated heterocycles. The van der Waals surface area contributed by atoms with Crippen molar-refractivity contribution in [3.63, 3.8) is 0 Å². The molecular weight excluding hydrogens is 350 g/mol. The summed E-state index contributed by atoms with van der Waals surface area (Å²) in [4.78, 5) is 12.4. The third-order valence-electron chi connectivity index (χ3n) is 4.49. The highest BCUT2D eigenvalue weighted by atomic mass is 35.5. The minimum Gasteiger partial charge on any atom is -0.494 e. The Bertz CT molecular complexity index is 950. The third kappa shape index (κ3) is 2.95. The van der Waals surface area contributed by atoms with Crippen LogP contribution in [0.4, 0.5) is 5.82 Å². The van der Waals surface area contributed by atoms with Crippen LogP contribution in [-0.2, 0) is 4.79 Å². The molecule has 26 heavy (non-hydrogen) atoms. The molecule has 1 aromatic heterocycles. The number of hydrogen-bond acceptors (Lipinski definition) is 3. The average molecular weight is 368 g/mol. The van der Waals surface area contributed by atoms with Crippen LogP contribution in [0.2, 0.25) is 5.02 Å². The van der Waals surface area contributed by atoms with Gasteiger partial charge in [0.25, 0.3) is 0 Å². The Balaban J connectivity index is 1.80. The van der Waals surface area contributed by atoms with Crippen LogP contribution in [0.15, 0.2) is 54.7 Å². The summed E-state index contributed by atoms with van der Waals surface area (Å²) < 4.78 is 7.51. The second-order valence-corrected chi connectivity index (χ2v) is 6.55. The molecule has 0 spiro atoms. The first-order chi connectivity index (χ1) is 12.7. The standard InChI is InChI=1S/C20H18ClN3O2/c1-2-26-18-6-4-3-5-15(18)16-11-19(25)23-20-17(16)12-22-24(20)14-9-7-13(21)8-10-14/h3-10,12,16H,2,11H2,1H3,(H,23,25). The summed E-state index contributed by atoms with van der Waals surface area (Å²) in [6, 6.07) is 15.2. The predicted molar refractivity (Wildman–Crippen MR) is 101 cm³/mol. The molecule has 1 aliphatic heterocycles. The summed E-state index contributed by atoms with van der Waals surface area (Å²) in [6.07, 6.45) is 2.18. The minimum absolute atomic E-state index is 0.0375. The van der Waals surface area contributed by atoms with Gasteiger partial charge in [-0.05, 0) is 37.3 Å². The second-order valence-electron chi connectivity index (χ2n) is 6.11. The molecule has 1 N–H and O–H groups in total. The van der Waals surface area contributed by atoms with Gasteiger partial charge in [-0.15, -0.1) is 0 Å². The SMILES string of the molecule is CCOc1ccccc1C1CC(=O)Nc2c1cnn2-c1ccc(Cl)cc1. The van der Waals surface area contributed by atoms with Gasteiger partial charge in [0.05, 0.1) is 18.5 Å². The van der Waals surface area contributed by atoms with Gasteiger partial charge in [-0.25, -0.2) is 4.68 Å². The molecule has 2 heterocycles. The van der Waals surface area contributed by atoms with Crippen molar-refractivity contribution in [3.8, 4) is 11.4 Å². The Kier molecular flexibility index (Phi) is 4.39. The molecule has 1 atom stereocenters. The fraction of sp³-hybridized carbons (Fsp3) is 0.200. The highest BCUT2D eigenvalue weighted by Crippen LogP contribution is 2.41. The van der Waals surface area contributed by atoms with Gasteiger partial charge in [0, 0.05) is 28.5 Å². The van der Waals surface area contributed by atoms with Gasteiger partial charge < -0.3 is 10.1 Å². The molecule has 5 nitrogen and oxygen atoms in total. The summed E-state index contributed by atoms with van der Waals surface area (Å²) in [5.41, 5.74) is 2.82. The minimum atomic E-state index is -0.0949. The molecule has 2 aromatic carbocycles. The number of ether oxygens (including phenoxy) is 1. The summed E-state index contributed by atoms with van der Waals surface area (Å²) in [5.74, 6) is 1.37. The molecule has 0 fully saturated rings. The normalized spacial score (nSPS) is 16.1. The van der Waals surface area contributed by atoms with E-state index in [0.29, 0.717) is 23.9 Å². The fourth-order valence-corrected chi connectivity index (χ4v) is 3.46. The van der Waals surface area contributed by atoms with Crippen molar-refractivity contribution in [3.05, 3.63) is 70.9 Å². The Labute approximate surface area is 156 Å². The van der Waals surface area contributed by atoms with Gasteiger partial charge in [0.1, 0.15) is 11.6 Å². The van der Waals surface area contributed by atoms with Gasteiger partial charge in [0.2, 0.25) is 5.91 Å². The number of anilines is 1. The maximum absolute atomic E-state index is 12.4. The zero-order valence-electron chi connectivity index (χ0n) is 14.3. The van der Waals surface area contributed by atoms with Crippen LogP contribution >= 0.6 is 11.6 Å². The lowest BCUT2D eigenvalue weighted by Crippen LogP contribution is -2.24. The Morgan fingerprint density at radius 3 is 2.73 bits per heavy atom. The Hall–Kier alpha value is -2.79. The van der Waals surface area contributed by atoms with E-state index in [9.17, 15) is 4.79 Å². The molecule has 1 unspecified atom stereocenters. The van der Waals surface area contributed by atoms with Crippen molar-refractivity contribution < 1.29 is 9.53 Å². The number of para-hydroxylation sites is 1. The molecule has 6 heteroatoms. The van der Waals surface area contributed by atoms with Crippen LogP contribution in [-0.4, -0.2) is 22.3 Å². The highest BCUT2D eigenvalue weighted by Gasteiger charge is 2.31.